The second-order valence-corrected chi connectivity index (χ2v) is 7.38. The molecule has 1 unspecified atom stereocenters. The minimum atomic E-state index is 0.173. The SMILES string of the molecule is CC1(C2CC2)CN(Cc2ccc(O)cc2)C(C)(C)CN1. The van der Waals surface area contributed by atoms with E-state index >= 15 is 0 Å². The zero-order valence-electron chi connectivity index (χ0n) is 12.8. The molecule has 2 N–H and O–H groups in total. The van der Waals surface area contributed by atoms with E-state index in [9.17, 15) is 5.11 Å². The molecule has 3 nitrogen and oxygen atoms in total. The first-order valence-corrected chi connectivity index (χ1v) is 7.67. The lowest BCUT2D eigenvalue weighted by molar-refractivity contribution is 0.0178. The molecule has 1 aromatic carbocycles. The zero-order chi connectivity index (χ0) is 14.4. The van der Waals surface area contributed by atoms with Crippen LogP contribution in [0, 0.1) is 5.92 Å². The van der Waals surface area contributed by atoms with Crippen molar-refractivity contribution in [3.05, 3.63) is 29.8 Å². The van der Waals surface area contributed by atoms with Gasteiger partial charge in [0.25, 0.3) is 0 Å². The van der Waals surface area contributed by atoms with Crippen LogP contribution in [-0.2, 0) is 6.54 Å². The zero-order valence-corrected chi connectivity index (χ0v) is 12.8. The van der Waals surface area contributed by atoms with Crippen LogP contribution in [-0.4, -0.2) is 34.2 Å². The Hall–Kier alpha value is -1.06. The number of hydrogen-bond donors (Lipinski definition) is 2. The second kappa shape index (κ2) is 4.74. The van der Waals surface area contributed by atoms with Crippen LogP contribution in [0.2, 0.25) is 0 Å². The van der Waals surface area contributed by atoms with Crippen LogP contribution < -0.4 is 5.32 Å². The fraction of sp³-hybridized carbons (Fsp3) is 0.647. The standard InChI is InChI=1S/C17H26N2O/c1-16(2)11-18-17(3,14-6-7-14)12-19(16)10-13-4-8-15(20)9-5-13/h4-5,8-9,14,18,20H,6-7,10-12H2,1-3H3. The summed E-state index contributed by atoms with van der Waals surface area (Å²) in [5, 5.41) is 13.2. The molecule has 110 valence electrons. The molecule has 3 heteroatoms. The highest BCUT2D eigenvalue weighted by Crippen LogP contribution is 2.42. The van der Waals surface area contributed by atoms with Crippen LogP contribution >= 0.6 is 0 Å². The van der Waals surface area contributed by atoms with Gasteiger partial charge in [-0.1, -0.05) is 12.1 Å². The van der Waals surface area contributed by atoms with E-state index in [2.05, 4.69) is 31.0 Å². The first-order chi connectivity index (χ1) is 9.39. The van der Waals surface area contributed by atoms with Crippen molar-refractivity contribution < 1.29 is 5.11 Å². The van der Waals surface area contributed by atoms with Crippen molar-refractivity contribution in [3.63, 3.8) is 0 Å². The number of phenols is 1. The third-order valence-corrected chi connectivity index (χ3v) is 5.09. The van der Waals surface area contributed by atoms with Gasteiger partial charge in [-0.15, -0.1) is 0 Å². The Balaban J connectivity index is 1.75. The van der Waals surface area contributed by atoms with Crippen LogP contribution in [0.15, 0.2) is 24.3 Å². The van der Waals surface area contributed by atoms with Crippen molar-refractivity contribution in [2.75, 3.05) is 13.1 Å². The molecule has 0 amide bonds. The maximum atomic E-state index is 9.41. The van der Waals surface area contributed by atoms with Gasteiger partial charge in [0.1, 0.15) is 5.75 Å². The van der Waals surface area contributed by atoms with Gasteiger partial charge in [-0.2, -0.15) is 0 Å². The quantitative estimate of drug-likeness (QED) is 0.889. The maximum absolute atomic E-state index is 9.41. The molecule has 0 spiro atoms. The van der Waals surface area contributed by atoms with Crippen molar-refractivity contribution in [2.24, 2.45) is 5.92 Å². The van der Waals surface area contributed by atoms with Crippen LogP contribution in [0.5, 0.6) is 5.75 Å². The van der Waals surface area contributed by atoms with Gasteiger partial charge >= 0.3 is 0 Å². The first kappa shape index (κ1) is 13.9. The predicted octanol–water partition coefficient (Wildman–Crippen LogP) is 2.74. The number of phenolic OH excluding ortho intramolecular Hbond substituents is 1. The lowest BCUT2D eigenvalue weighted by atomic mass is 9.86. The van der Waals surface area contributed by atoms with Gasteiger partial charge in [-0.3, -0.25) is 4.90 Å². The first-order valence-electron chi connectivity index (χ1n) is 7.67. The third-order valence-electron chi connectivity index (χ3n) is 5.09. The average molecular weight is 274 g/mol. The molecule has 3 rings (SSSR count). The van der Waals surface area contributed by atoms with Crippen LogP contribution in [0.25, 0.3) is 0 Å². The fourth-order valence-corrected chi connectivity index (χ4v) is 3.28. The minimum Gasteiger partial charge on any atom is -0.508 e. The summed E-state index contributed by atoms with van der Waals surface area (Å²) >= 11 is 0. The number of benzene rings is 1. The highest BCUT2D eigenvalue weighted by molar-refractivity contribution is 5.26. The Morgan fingerprint density at radius 3 is 2.45 bits per heavy atom. The van der Waals surface area contributed by atoms with Gasteiger partial charge in [0.15, 0.2) is 0 Å². The highest BCUT2D eigenvalue weighted by Gasteiger charge is 2.47. The lowest BCUT2D eigenvalue weighted by Crippen LogP contribution is -2.67. The van der Waals surface area contributed by atoms with Crippen molar-refractivity contribution in [1.82, 2.24) is 10.2 Å². The van der Waals surface area contributed by atoms with Gasteiger partial charge in [0, 0.05) is 30.7 Å². The van der Waals surface area contributed by atoms with Gasteiger partial charge in [0.2, 0.25) is 0 Å². The second-order valence-electron chi connectivity index (χ2n) is 7.38. The van der Waals surface area contributed by atoms with Gasteiger partial charge < -0.3 is 10.4 Å². The molecule has 2 fully saturated rings. The van der Waals surface area contributed by atoms with Gasteiger partial charge in [-0.25, -0.2) is 0 Å². The van der Waals surface area contributed by atoms with Gasteiger partial charge in [0.05, 0.1) is 0 Å². The molecule has 1 aromatic rings. The number of hydrogen-bond acceptors (Lipinski definition) is 3. The average Bonchev–Trinajstić information content (AvgIpc) is 3.22. The Kier molecular flexibility index (Phi) is 3.30. The molecule has 1 saturated heterocycles. The van der Waals surface area contributed by atoms with E-state index in [4.69, 9.17) is 0 Å². The molecule has 1 saturated carbocycles. The van der Waals surface area contributed by atoms with Crippen LogP contribution in [0.1, 0.15) is 39.2 Å². The lowest BCUT2D eigenvalue weighted by Gasteiger charge is -2.51. The number of rotatable bonds is 3. The fourth-order valence-electron chi connectivity index (χ4n) is 3.28. The summed E-state index contributed by atoms with van der Waals surface area (Å²) in [7, 11) is 0. The van der Waals surface area contributed by atoms with E-state index in [0.717, 1.165) is 25.6 Å². The molecule has 1 heterocycles. The third kappa shape index (κ3) is 2.70. The molecule has 0 aromatic heterocycles. The monoisotopic (exact) mass is 274 g/mol. The molecule has 20 heavy (non-hydrogen) atoms. The molecule has 0 radical (unpaired) electrons. The Bertz CT molecular complexity index is 478. The molecule has 1 aliphatic heterocycles. The molecule has 2 aliphatic rings. The molecule has 1 aliphatic carbocycles. The van der Waals surface area contributed by atoms with Crippen LogP contribution in [0.3, 0.4) is 0 Å². The minimum absolute atomic E-state index is 0.173. The van der Waals surface area contributed by atoms with E-state index in [1.54, 1.807) is 12.1 Å². The Morgan fingerprint density at radius 2 is 1.85 bits per heavy atom. The van der Waals surface area contributed by atoms with E-state index < -0.39 is 0 Å². The van der Waals surface area contributed by atoms with E-state index in [-0.39, 0.29) is 11.1 Å². The summed E-state index contributed by atoms with van der Waals surface area (Å²) in [5.41, 5.74) is 1.72. The summed E-state index contributed by atoms with van der Waals surface area (Å²) in [6.07, 6.45) is 2.74. The molecular weight excluding hydrogens is 248 g/mol. The van der Waals surface area contributed by atoms with Crippen LogP contribution in [0.4, 0.5) is 0 Å². The largest absolute Gasteiger partial charge is 0.508 e. The van der Waals surface area contributed by atoms with Crippen molar-refractivity contribution in [3.8, 4) is 5.75 Å². The highest BCUT2D eigenvalue weighted by atomic mass is 16.3. The van der Waals surface area contributed by atoms with Gasteiger partial charge in [-0.05, 0) is 57.2 Å². The van der Waals surface area contributed by atoms with E-state index in [0.29, 0.717) is 5.75 Å². The summed E-state index contributed by atoms with van der Waals surface area (Å²) < 4.78 is 0. The Labute approximate surface area is 122 Å². The smallest absolute Gasteiger partial charge is 0.115 e. The van der Waals surface area contributed by atoms with Crippen molar-refractivity contribution in [1.29, 1.82) is 0 Å². The molecule has 0 bridgehead atoms. The topological polar surface area (TPSA) is 35.5 Å². The Morgan fingerprint density at radius 1 is 1.20 bits per heavy atom. The predicted molar refractivity (Wildman–Crippen MR) is 81.7 cm³/mol. The maximum Gasteiger partial charge on any atom is 0.115 e. The summed E-state index contributed by atoms with van der Waals surface area (Å²) in [6, 6.07) is 7.62. The molecule has 1 atom stereocenters. The number of aromatic hydroxyl groups is 1. The number of nitrogens with zero attached hydrogens (tertiary/aromatic N) is 1. The van der Waals surface area contributed by atoms with E-state index in [1.807, 2.05) is 12.1 Å². The summed E-state index contributed by atoms with van der Waals surface area (Å²) in [4.78, 5) is 2.59. The number of piperazine rings is 1. The number of nitrogens with one attached hydrogen (secondary N) is 1. The van der Waals surface area contributed by atoms with E-state index in [1.165, 1.54) is 18.4 Å². The van der Waals surface area contributed by atoms with Crippen molar-refractivity contribution >= 4 is 0 Å². The molecular formula is C17H26N2O. The van der Waals surface area contributed by atoms with Crippen molar-refractivity contribution in [2.45, 2.75) is 51.2 Å². The normalized spacial score (nSPS) is 30.4. The summed E-state index contributed by atoms with van der Waals surface area (Å²) in [5.74, 6) is 1.19. The summed E-state index contributed by atoms with van der Waals surface area (Å²) in [6.45, 7) is 10.1.